The van der Waals surface area contributed by atoms with Gasteiger partial charge in [0.15, 0.2) is 28.0 Å². The number of hydrogen-bond acceptors (Lipinski definition) is 5. The van der Waals surface area contributed by atoms with Gasteiger partial charge in [0.1, 0.15) is 5.88 Å². The Balaban J connectivity index is 1.82. The van der Waals surface area contributed by atoms with E-state index in [0.717, 1.165) is 0 Å². The summed E-state index contributed by atoms with van der Waals surface area (Å²) in [4.78, 5) is 10.7. The summed E-state index contributed by atoms with van der Waals surface area (Å²) in [6.45, 7) is -0.658. The molecule has 0 saturated carbocycles. The minimum atomic E-state index is -3.73. The number of fused-ring (bicyclic) bond motifs is 1. The number of carbonyl (C=O) groups is 1. The van der Waals surface area contributed by atoms with Crippen LogP contribution < -0.4 is 10.1 Å². The largest absolute Gasteiger partial charge is 0.479 e. The molecule has 3 rings (SSSR count). The highest BCUT2D eigenvalue weighted by Gasteiger charge is 2.27. The van der Waals surface area contributed by atoms with Gasteiger partial charge in [-0.2, -0.15) is 0 Å². The van der Waals surface area contributed by atoms with Gasteiger partial charge in [-0.1, -0.05) is 29.3 Å². The Morgan fingerprint density at radius 1 is 1.28 bits per heavy atom. The number of rotatable bonds is 7. The van der Waals surface area contributed by atoms with E-state index >= 15 is 0 Å². The van der Waals surface area contributed by atoms with Crippen molar-refractivity contribution in [2.45, 2.75) is 30.2 Å². The number of halogens is 3. The molecule has 0 aliphatic heterocycles. The molecular weight excluding hydrogens is 444 g/mol. The summed E-state index contributed by atoms with van der Waals surface area (Å²) < 4.78 is 44.7. The molecule has 156 valence electrons. The third-order valence-electron chi connectivity index (χ3n) is 4.63. The number of ether oxygens (including phenoxy) is 1. The van der Waals surface area contributed by atoms with E-state index < -0.39 is 28.2 Å². The maximum absolute atomic E-state index is 14.2. The van der Waals surface area contributed by atoms with Crippen molar-refractivity contribution in [3.05, 3.63) is 57.3 Å². The number of hydrogen-bond donors (Lipinski definition) is 2. The zero-order valence-electron chi connectivity index (χ0n) is 15.1. The Morgan fingerprint density at radius 3 is 2.72 bits per heavy atom. The molecule has 0 spiro atoms. The first-order chi connectivity index (χ1) is 13.7. The lowest BCUT2D eigenvalue weighted by Gasteiger charge is -2.28. The molecule has 0 aromatic heterocycles. The van der Waals surface area contributed by atoms with E-state index in [2.05, 4.69) is 5.32 Å². The third kappa shape index (κ3) is 5.01. The van der Waals surface area contributed by atoms with Gasteiger partial charge in [0.2, 0.25) is 0 Å². The average molecular weight is 462 g/mol. The molecule has 0 heterocycles. The molecule has 1 aliphatic carbocycles. The third-order valence-corrected chi connectivity index (χ3v) is 6.87. The van der Waals surface area contributed by atoms with Crippen LogP contribution in [0.1, 0.15) is 30.0 Å². The second-order valence-corrected chi connectivity index (χ2v) is 9.41. The minimum Gasteiger partial charge on any atom is -0.479 e. The first kappa shape index (κ1) is 21.8. The molecule has 0 amide bonds. The lowest BCUT2D eigenvalue weighted by molar-refractivity contribution is -0.139. The topological polar surface area (TPSA) is 92.7 Å². The zero-order chi connectivity index (χ0) is 21.2. The molecule has 1 aliphatic rings. The highest BCUT2D eigenvalue weighted by Crippen LogP contribution is 2.37. The number of benzene rings is 2. The van der Waals surface area contributed by atoms with Crippen LogP contribution in [0, 0.1) is 5.82 Å². The van der Waals surface area contributed by atoms with Crippen LogP contribution in [0.25, 0.3) is 0 Å². The number of nitrogens with one attached hydrogen (secondary N) is 1. The SMILES string of the molecule is O=C(O)COc1c(F)ccc2c1CCCC2NCS(=O)(=O)c1ccc(Cl)cc1Cl. The number of sulfone groups is 1. The van der Waals surface area contributed by atoms with E-state index in [0.29, 0.717) is 35.4 Å². The van der Waals surface area contributed by atoms with Gasteiger partial charge >= 0.3 is 5.97 Å². The maximum atomic E-state index is 14.2. The molecule has 0 bridgehead atoms. The van der Waals surface area contributed by atoms with E-state index in [-0.39, 0.29) is 27.6 Å². The van der Waals surface area contributed by atoms with Crippen molar-refractivity contribution in [3.8, 4) is 5.75 Å². The molecule has 2 aromatic carbocycles. The summed E-state index contributed by atoms with van der Waals surface area (Å²) in [5.41, 5.74) is 1.24. The fourth-order valence-corrected chi connectivity index (χ4v) is 5.32. The Morgan fingerprint density at radius 2 is 2.03 bits per heavy atom. The summed E-state index contributed by atoms with van der Waals surface area (Å²) in [5, 5.41) is 12.2. The fourth-order valence-electron chi connectivity index (χ4n) is 3.35. The maximum Gasteiger partial charge on any atom is 0.341 e. The Kier molecular flexibility index (Phi) is 6.68. The van der Waals surface area contributed by atoms with E-state index in [1.54, 1.807) is 6.07 Å². The predicted molar refractivity (Wildman–Crippen MR) is 107 cm³/mol. The van der Waals surface area contributed by atoms with E-state index in [1.165, 1.54) is 24.3 Å². The van der Waals surface area contributed by atoms with Gasteiger partial charge in [0.25, 0.3) is 0 Å². The smallest absolute Gasteiger partial charge is 0.341 e. The van der Waals surface area contributed by atoms with Gasteiger partial charge < -0.3 is 9.84 Å². The van der Waals surface area contributed by atoms with Crippen molar-refractivity contribution >= 4 is 39.0 Å². The van der Waals surface area contributed by atoms with E-state index in [1.807, 2.05) is 0 Å². The van der Waals surface area contributed by atoms with Gasteiger partial charge in [-0.25, -0.2) is 17.6 Å². The Labute approximate surface area is 177 Å². The van der Waals surface area contributed by atoms with Crippen LogP contribution in [0.5, 0.6) is 5.75 Å². The van der Waals surface area contributed by atoms with Crippen LogP contribution in [-0.2, 0) is 21.1 Å². The lowest BCUT2D eigenvalue weighted by atomic mass is 9.87. The summed E-state index contributed by atoms with van der Waals surface area (Å²) in [6, 6.07) is 6.57. The highest BCUT2D eigenvalue weighted by molar-refractivity contribution is 7.91. The van der Waals surface area contributed by atoms with Gasteiger partial charge in [0, 0.05) is 16.6 Å². The van der Waals surface area contributed by atoms with Crippen molar-refractivity contribution in [1.82, 2.24) is 5.32 Å². The second kappa shape index (κ2) is 8.87. The first-order valence-corrected chi connectivity index (χ1v) is 11.2. The average Bonchev–Trinajstić information content (AvgIpc) is 2.65. The molecule has 0 fully saturated rings. The van der Waals surface area contributed by atoms with E-state index in [9.17, 15) is 17.6 Å². The van der Waals surface area contributed by atoms with Crippen LogP contribution in [0.3, 0.4) is 0 Å². The first-order valence-electron chi connectivity index (χ1n) is 8.76. The molecule has 1 atom stereocenters. The second-order valence-electron chi connectivity index (χ2n) is 6.61. The van der Waals surface area contributed by atoms with Gasteiger partial charge in [-0.3, -0.25) is 5.32 Å². The van der Waals surface area contributed by atoms with Crippen LogP contribution in [-0.4, -0.2) is 32.0 Å². The number of aliphatic carboxylic acids is 1. The van der Waals surface area contributed by atoms with Gasteiger partial charge in [-0.15, -0.1) is 0 Å². The van der Waals surface area contributed by atoms with Gasteiger partial charge in [-0.05, 0) is 49.1 Å². The van der Waals surface area contributed by atoms with Crippen LogP contribution >= 0.6 is 23.2 Å². The Hall–Kier alpha value is -1.87. The molecular formula is C19H18Cl2FNO5S. The summed E-state index contributed by atoms with van der Waals surface area (Å²) in [6.07, 6.45) is 1.82. The quantitative estimate of drug-likeness (QED) is 0.647. The molecule has 0 saturated heterocycles. The molecule has 2 N–H and O–H groups in total. The number of carboxylic acid groups (broad SMARTS) is 1. The molecule has 0 radical (unpaired) electrons. The standard InChI is InChI=1S/C19H18Cl2FNO5S/c20-11-4-7-17(14(21)8-11)29(26,27)10-23-16-3-1-2-13-12(16)5-6-15(22)19(13)28-9-18(24)25/h4-8,16,23H,1-3,9-10H2,(H,24,25). The fraction of sp³-hybridized carbons (Fsp3) is 0.316. The van der Waals surface area contributed by atoms with Crippen LogP contribution in [0.15, 0.2) is 35.2 Å². The van der Waals surface area contributed by atoms with Crippen molar-refractivity contribution < 1.29 is 27.4 Å². The summed E-state index contributed by atoms with van der Waals surface area (Å²) in [7, 11) is -3.73. The molecule has 29 heavy (non-hydrogen) atoms. The van der Waals surface area contributed by atoms with Crippen molar-refractivity contribution in [2.24, 2.45) is 0 Å². The van der Waals surface area contributed by atoms with Crippen LogP contribution in [0.2, 0.25) is 10.0 Å². The van der Waals surface area contributed by atoms with Crippen molar-refractivity contribution in [1.29, 1.82) is 0 Å². The minimum absolute atomic E-state index is 0.0308. The normalized spacial score (nSPS) is 16.3. The van der Waals surface area contributed by atoms with Crippen molar-refractivity contribution in [3.63, 3.8) is 0 Å². The van der Waals surface area contributed by atoms with Crippen LogP contribution in [0.4, 0.5) is 4.39 Å². The lowest BCUT2D eigenvalue weighted by Crippen LogP contribution is -2.30. The Bertz CT molecular complexity index is 1050. The molecule has 2 aromatic rings. The number of carboxylic acids is 1. The monoisotopic (exact) mass is 461 g/mol. The van der Waals surface area contributed by atoms with Gasteiger partial charge in [0.05, 0.1) is 9.92 Å². The summed E-state index contributed by atoms with van der Waals surface area (Å²) >= 11 is 11.8. The summed E-state index contributed by atoms with van der Waals surface area (Å²) in [5.74, 6) is -2.33. The van der Waals surface area contributed by atoms with Crippen molar-refractivity contribution in [2.75, 3.05) is 12.5 Å². The molecule has 10 heteroatoms. The molecule has 6 nitrogen and oxygen atoms in total. The predicted octanol–water partition coefficient (Wildman–Crippen LogP) is 3.99. The molecule has 1 unspecified atom stereocenters. The van der Waals surface area contributed by atoms with E-state index in [4.69, 9.17) is 33.0 Å². The zero-order valence-corrected chi connectivity index (χ0v) is 17.5. The highest BCUT2D eigenvalue weighted by atomic mass is 35.5.